The largest absolute Gasteiger partial charge is 0.444 e. The zero-order valence-electron chi connectivity index (χ0n) is 13.0. The summed E-state index contributed by atoms with van der Waals surface area (Å²) in [6.07, 6.45) is 0.685. The van der Waals surface area contributed by atoms with Crippen molar-refractivity contribution in [2.24, 2.45) is 0 Å². The number of hydrogen-bond donors (Lipinski definition) is 0. The number of carbonyl (C=O) groups is 1. The van der Waals surface area contributed by atoms with Gasteiger partial charge in [0, 0.05) is 26.2 Å². The van der Waals surface area contributed by atoms with Crippen LogP contribution in [0.1, 0.15) is 27.2 Å². The topological polar surface area (TPSA) is 45.7 Å². The fourth-order valence-electron chi connectivity index (χ4n) is 2.33. The first kappa shape index (κ1) is 16.1. The van der Waals surface area contributed by atoms with Gasteiger partial charge in [0.25, 0.3) is 0 Å². The molecule has 21 heavy (non-hydrogen) atoms. The van der Waals surface area contributed by atoms with Crippen molar-refractivity contribution in [3.05, 3.63) is 22.8 Å². The molecule has 2 heterocycles. The average molecular weight is 356 g/mol. The van der Waals surface area contributed by atoms with Crippen LogP contribution in [0.5, 0.6) is 0 Å². The molecule has 0 aromatic carbocycles. The second-order valence-electron chi connectivity index (χ2n) is 6.30. The van der Waals surface area contributed by atoms with Gasteiger partial charge in [-0.15, -0.1) is 0 Å². The van der Waals surface area contributed by atoms with Gasteiger partial charge in [-0.2, -0.15) is 0 Å². The number of rotatable bonds is 2. The normalized spacial score (nSPS) is 18.7. The van der Waals surface area contributed by atoms with Crippen molar-refractivity contribution in [1.29, 1.82) is 0 Å². The molecule has 0 N–H and O–H groups in total. The third-order valence-electron chi connectivity index (χ3n) is 3.42. The average Bonchev–Trinajstić information content (AvgIpc) is 2.85. The Morgan fingerprint density at radius 2 is 2.19 bits per heavy atom. The Balaban J connectivity index is 1.97. The van der Waals surface area contributed by atoms with Crippen molar-refractivity contribution in [2.45, 2.75) is 38.8 Å². The summed E-state index contributed by atoms with van der Waals surface area (Å²) in [4.78, 5) is 20.4. The molecule has 1 saturated heterocycles. The van der Waals surface area contributed by atoms with Gasteiger partial charge in [0.05, 0.1) is 0 Å². The predicted molar refractivity (Wildman–Crippen MR) is 86.6 cm³/mol. The second-order valence-corrected chi connectivity index (χ2v) is 7.11. The lowest BCUT2D eigenvalue weighted by Gasteiger charge is -2.27. The molecule has 1 atom stereocenters. The lowest BCUT2D eigenvalue weighted by atomic mass is 10.2. The third kappa shape index (κ3) is 4.33. The van der Waals surface area contributed by atoms with Gasteiger partial charge in [0.2, 0.25) is 0 Å². The van der Waals surface area contributed by atoms with Crippen LogP contribution in [0.4, 0.5) is 10.6 Å². The summed E-state index contributed by atoms with van der Waals surface area (Å²) in [5.41, 5.74) is -0.451. The Morgan fingerprint density at radius 1 is 1.48 bits per heavy atom. The standard InChI is InChI=1S/C15H22BrN3O2/c1-15(2,3)21-14(20)19-9-8-11(10-19)18(4)13-7-5-6-12(16)17-13/h5-7,11H,8-10H2,1-4H3. The Hall–Kier alpha value is -1.30. The number of aromatic nitrogens is 1. The van der Waals surface area contributed by atoms with E-state index in [1.54, 1.807) is 4.90 Å². The van der Waals surface area contributed by atoms with Crippen LogP contribution in [0.2, 0.25) is 0 Å². The Kier molecular flexibility index (Phi) is 4.76. The van der Waals surface area contributed by atoms with Crippen LogP contribution in [0.25, 0.3) is 0 Å². The predicted octanol–water partition coefficient (Wildman–Crippen LogP) is 3.29. The molecular weight excluding hydrogens is 334 g/mol. The molecule has 5 nitrogen and oxygen atoms in total. The lowest BCUT2D eigenvalue weighted by Crippen LogP contribution is -2.39. The highest BCUT2D eigenvalue weighted by atomic mass is 79.9. The van der Waals surface area contributed by atoms with Crippen molar-refractivity contribution in [3.8, 4) is 0 Å². The lowest BCUT2D eigenvalue weighted by molar-refractivity contribution is 0.0292. The van der Waals surface area contributed by atoms with Gasteiger partial charge in [0.15, 0.2) is 0 Å². The van der Waals surface area contributed by atoms with E-state index in [2.05, 4.69) is 25.8 Å². The molecule has 0 saturated carbocycles. The molecule has 0 spiro atoms. The first-order valence-corrected chi connectivity index (χ1v) is 7.89. The maximum absolute atomic E-state index is 12.1. The number of likely N-dealkylation sites (tertiary alicyclic amines) is 1. The molecule has 0 radical (unpaired) electrons. The van der Waals surface area contributed by atoms with E-state index in [0.29, 0.717) is 6.54 Å². The van der Waals surface area contributed by atoms with Crippen molar-refractivity contribution < 1.29 is 9.53 Å². The highest BCUT2D eigenvalue weighted by Gasteiger charge is 2.32. The van der Waals surface area contributed by atoms with Crippen molar-refractivity contribution >= 4 is 27.8 Å². The minimum Gasteiger partial charge on any atom is -0.444 e. The van der Waals surface area contributed by atoms with Gasteiger partial charge in [-0.05, 0) is 55.3 Å². The maximum atomic E-state index is 12.1. The number of amides is 1. The molecule has 1 aliphatic heterocycles. The minimum atomic E-state index is -0.451. The zero-order valence-corrected chi connectivity index (χ0v) is 14.6. The Bertz CT molecular complexity index is 516. The Labute approximate surface area is 134 Å². The van der Waals surface area contributed by atoms with Gasteiger partial charge in [-0.3, -0.25) is 0 Å². The molecule has 1 fully saturated rings. The van der Waals surface area contributed by atoms with Crippen molar-refractivity contribution in [1.82, 2.24) is 9.88 Å². The molecule has 0 bridgehead atoms. The maximum Gasteiger partial charge on any atom is 0.410 e. The summed E-state index contributed by atoms with van der Waals surface area (Å²) in [5.74, 6) is 0.903. The van der Waals surface area contributed by atoms with E-state index in [1.807, 2.05) is 46.0 Å². The molecule has 116 valence electrons. The SMILES string of the molecule is CN(c1cccc(Br)n1)C1CCN(C(=O)OC(C)(C)C)C1. The smallest absolute Gasteiger partial charge is 0.410 e. The van der Waals surface area contributed by atoms with Crippen molar-refractivity contribution in [3.63, 3.8) is 0 Å². The van der Waals surface area contributed by atoms with E-state index in [9.17, 15) is 4.79 Å². The van der Waals surface area contributed by atoms with Gasteiger partial charge in [0.1, 0.15) is 16.0 Å². The summed E-state index contributed by atoms with van der Waals surface area (Å²) in [5, 5.41) is 0. The molecule has 1 aliphatic rings. The van der Waals surface area contributed by atoms with E-state index < -0.39 is 5.60 Å². The van der Waals surface area contributed by atoms with Crippen LogP contribution in [0.15, 0.2) is 22.8 Å². The van der Waals surface area contributed by atoms with E-state index in [1.165, 1.54) is 0 Å². The fourth-order valence-corrected chi connectivity index (χ4v) is 2.67. The molecule has 1 aromatic rings. The molecule has 1 unspecified atom stereocenters. The highest BCUT2D eigenvalue weighted by Crippen LogP contribution is 2.22. The molecule has 1 amide bonds. The number of hydrogen-bond acceptors (Lipinski definition) is 4. The molecule has 0 aliphatic carbocycles. The number of carbonyl (C=O) groups excluding carboxylic acids is 1. The van der Waals surface area contributed by atoms with E-state index in [0.717, 1.165) is 23.4 Å². The van der Waals surface area contributed by atoms with Crippen LogP contribution in [0.3, 0.4) is 0 Å². The minimum absolute atomic E-state index is 0.236. The first-order valence-electron chi connectivity index (χ1n) is 7.09. The molecule has 2 rings (SSSR count). The zero-order chi connectivity index (χ0) is 15.6. The molecule has 1 aromatic heterocycles. The van der Waals surface area contributed by atoms with Crippen LogP contribution in [-0.4, -0.2) is 47.8 Å². The number of likely N-dealkylation sites (N-methyl/N-ethyl adjacent to an activating group) is 1. The van der Waals surface area contributed by atoms with E-state index >= 15 is 0 Å². The summed E-state index contributed by atoms with van der Waals surface area (Å²) in [6, 6.07) is 6.10. The summed E-state index contributed by atoms with van der Waals surface area (Å²) in [6.45, 7) is 7.04. The molecular formula is C15H22BrN3O2. The Morgan fingerprint density at radius 3 is 2.81 bits per heavy atom. The van der Waals surface area contributed by atoms with Gasteiger partial charge in [-0.25, -0.2) is 9.78 Å². The van der Waals surface area contributed by atoms with E-state index in [4.69, 9.17) is 4.74 Å². The third-order valence-corrected chi connectivity index (χ3v) is 3.87. The fraction of sp³-hybridized carbons (Fsp3) is 0.600. The molecule has 6 heteroatoms. The number of halogens is 1. The van der Waals surface area contributed by atoms with Gasteiger partial charge >= 0.3 is 6.09 Å². The summed E-state index contributed by atoms with van der Waals surface area (Å²) in [7, 11) is 2.01. The van der Waals surface area contributed by atoms with Crippen molar-refractivity contribution in [2.75, 3.05) is 25.0 Å². The quantitative estimate of drug-likeness (QED) is 0.763. The van der Waals surface area contributed by atoms with Crippen LogP contribution >= 0.6 is 15.9 Å². The summed E-state index contributed by atoms with van der Waals surface area (Å²) < 4.78 is 6.23. The number of nitrogens with zero attached hydrogens (tertiary/aromatic N) is 3. The monoisotopic (exact) mass is 355 g/mol. The van der Waals surface area contributed by atoms with Gasteiger partial charge in [-0.1, -0.05) is 6.07 Å². The first-order chi connectivity index (χ1) is 9.76. The highest BCUT2D eigenvalue weighted by molar-refractivity contribution is 9.10. The second kappa shape index (κ2) is 6.22. The van der Waals surface area contributed by atoms with Crippen LogP contribution in [-0.2, 0) is 4.74 Å². The van der Waals surface area contributed by atoms with Crippen LogP contribution in [0, 0.1) is 0 Å². The van der Waals surface area contributed by atoms with Crippen LogP contribution < -0.4 is 4.90 Å². The number of ether oxygens (including phenoxy) is 1. The van der Waals surface area contributed by atoms with Gasteiger partial charge < -0.3 is 14.5 Å². The number of pyridine rings is 1. The van der Waals surface area contributed by atoms with E-state index in [-0.39, 0.29) is 12.1 Å². The summed E-state index contributed by atoms with van der Waals surface area (Å²) >= 11 is 3.38. The number of anilines is 1.